The molecule has 0 saturated carbocycles. The molecule has 0 aromatic carbocycles. The molecule has 0 rings (SSSR count). The summed E-state index contributed by atoms with van der Waals surface area (Å²) in [4.78, 5) is 43.0. The van der Waals surface area contributed by atoms with Gasteiger partial charge in [-0.25, -0.2) is 0 Å². The Morgan fingerprint density at radius 1 is 0.333 bits per heavy atom. The molecule has 0 spiro atoms. The molecule has 0 aromatic heterocycles. The van der Waals surface area contributed by atoms with Crippen LogP contribution in [0.4, 0.5) is 0 Å². The Kier molecular flexibility index (Phi) is 49.1. The van der Waals surface area contributed by atoms with Gasteiger partial charge >= 0.3 is 0 Å². The van der Waals surface area contributed by atoms with Gasteiger partial charge in [-0.2, -0.15) is 0 Å². The van der Waals surface area contributed by atoms with E-state index in [0.717, 1.165) is 74.9 Å². The third-order valence-electron chi connectivity index (χ3n) is 13.1. The summed E-state index contributed by atoms with van der Waals surface area (Å²) in [7, 11) is 0. The molecule has 0 heterocycles. The quantitative estimate of drug-likeness (QED) is 0.0263. The van der Waals surface area contributed by atoms with E-state index in [9.17, 15) is 34.8 Å². The third kappa shape index (κ3) is 43.5. The fraction of sp³-hybridized carbons (Fsp3) is 0.945. The Labute approximate surface area is 416 Å². The Bertz CT molecular complexity index is 952. The summed E-state index contributed by atoms with van der Waals surface area (Å²) in [6.07, 6.45) is 39.1. The van der Waals surface area contributed by atoms with Gasteiger partial charge in [0.2, 0.25) is 0 Å². The van der Waals surface area contributed by atoms with Gasteiger partial charge in [0.05, 0.1) is 24.4 Å². The van der Waals surface area contributed by atoms with Crippen LogP contribution in [-0.4, -0.2) is 121 Å². The Balaban J connectivity index is 5.10. The SMILES string of the molecule is CCCCCCCCCCC(O)CN(CCSC(=O)C(=O)C(=O)SCCN(CC(O)CCCCCCCCCC)CC(O)CCCCCCCCCC)CC(O)CCCCCCCCCC. The molecule has 0 amide bonds. The van der Waals surface area contributed by atoms with E-state index >= 15 is 0 Å². The number of Topliss-reactive ketones (excluding diaryl/α,β-unsaturated/α-hetero) is 1. The van der Waals surface area contributed by atoms with Crippen molar-refractivity contribution in [3.05, 3.63) is 0 Å². The largest absolute Gasteiger partial charge is 0.392 e. The second kappa shape index (κ2) is 49.5. The summed E-state index contributed by atoms with van der Waals surface area (Å²) in [6, 6.07) is 0. The van der Waals surface area contributed by atoms with Crippen molar-refractivity contribution in [2.45, 2.75) is 283 Å². The van der Waals surface area contributed by atoms with E-state index in [1.165, 1.54) is 154 Å². The van der Waals surface area contributed by atoms with E-state index < -0.39 is 40.4 Å². The molecule has 0 aliphatic rings. The highest BCUT2D eigenvalue weighted by Crippen LogP contribution is 2.18. The molecule has 66 heavy (non-hydrogen) atoms. The zero-order valence-corrected chi connectivity index (χ0v) is 45.3. The van der Waals surface area contributed by atoms with Crippen molar-refractivity contribution >= 4 is 39.5 Å². The number of unbranched alkanes of at least 4 members (excludes halogenated alkanes) is 28. The third-order valence-corrected chi connectivity index (χ3v) is 14.8. The first-order chi connectivity index (χ1) is 32.1. The molecule has 4 unspecified atom stereocenters. The topological polar surface area (TPSA) is 139 Å². The average molecular weight is 974 g/mol. The van der Waals surface area contributed by atoms with Crippen molar-refractivity contribution in [2.75, 3.05) is 50.8 Å². The van der Waals surface area contributed by atoms with Crippen molar-refractivity contribution in [3.63, 3.8) is 0 Å². The molecule has 4 atom stereocenters. The van der Waals surface area contributed by atoms with Crippen LogP contribution in [0.1, 0.15) is 259 Å². The number of ketones is 1. The molecular weight excluding hydrogens is 865 g/mol. The number of rotatable bonds is 52. The summed E-state index contributed by atoms with van der Waals surface area (Å²) < 4.78 is 0. The Morgan fingerprint density at radius 3 is 0.742 bits per heavy atom. The van der Waals surface area contributed by atoms with Crippen LogP contribution in [0.25, 0.3) is 0 Å². The van der Waals surface area contributed by atoms with Crippen LogP contribution in [0.2, 0.25) is 0 Å². The number of aliphatic hydroxyl groups excluding tert-OH is 4. The fourth-order valence-electron chi connectivity index (χ4n) is 8.88. The van der Waals surface area contributed by atoms with E-state index in [4.69, 9.17) is 0 Å². The maximum Gasteiger partial charge on any atom is 0.286 e. The van der Waals surface area contributed by atoms with Crippen LogP contribution in [0.15, 0.2) is 0 Å². The molecule has 0 aliphatic heterocycles. The van der Waals surface area contributed by atoms with Crippen LogP contribution in [-0.2, 0) is 14.4 Å². The van der Waals surface area contributed by atoms with Gasteiger partial charge in [-0.05, 0) is 25.7 Å². The van der Waals surface area contributed by atoms with Crippen molar-refractivity contribution in [1.82, 2.24) is 9.80 Å². The predicted octanol–water partition coefficient (Wildman–Crippen LogP) is 13.2. The number of hydrogen-bond donors (Lipinski definition) is 4. The lowest BCUT2D eigenvalue weighted by Gasteiger charge is -2.27. The van der Waals surface area contributed by atoms with Crippen LogP contribution in [0.3, 0.4) is 0 Å². The number of carbonyl (C=O) groups excluding carboxylic acids is 3. The van der Waals surface area contributed by atoms with Gasteiger partial charge in [0, 0.05) is 50.8 Å². The minimum Gasteiger partial charge on any atom is -0.392 e. The lowest BCUT2D eigenvalue weighted by molar-refractivity contribution is -0.137. The summed E-state index contributed by atoms with van der Waals surface area (Å²) in [5, 5.41) is 42.3. The van der Waals surface area contributed by atoms with Gasteiger partial charge in [-0.1, -0.05) is 257 Å². The van der Waals surface area contributed by atoms with E-state index in [1.54, 1.807) is 0 Å². The summed E-state index contributed by atoms with van der Waals surface area (Å²) in [5.74, 6) is -0.436. The van der Waals surface area contributed by atoms with Crippen molar-refractivity contribution < 1.29 is 34.8 Å². The second-order valence-electron chi connectivity index (χ2n) is 19.8. The molecule has 11 heteroatoms. The first kappa shape index (κ1) is 65.5. The molecule has 0 saturated heterocycles. The Hall–Kier alpha value is -0.530. The molecule has 0 bridgehead atoms. The van der Waals surface area contributed by atoms with Crippen LogP contribution >= 0.6 is 23.5 Å². The van der Waals surface area contributed by atoms with E-state index in [2.05, 4.69) is 27.7 Å². The van der Waals surface area contributed by atoms with Gasteiger partial charge in [0.1, 0.15) is 0 Å². The average Bonchev–Trinajstić information content (AvgIpc) is 3.29. The van der Waals surface area contributed by atoms with Gasteiger partial charge < -0.3 is 20.4 Å². The smallest absolute Gasteiger partial charge is 0.286 e. The molecule has 0 fully saturated rings. The van der Waals surface area contributed by atoms with Crippen molar-refractivity contribution in [1.29, 1.82) is 0 Å². The minimum atomic E-state index is -1.02. The highest BCUT2D eigenvalue weighted by Gasteiger charge is 2.25. The lowest BCUT2D eigenvalue weighted by Crippen LogP contribution is -2.40. The van der Waals surface area contributed by atoms with Gasteiger partial charge in [0.25, 0.3) is 16.0 Å². The van der Waals surface area contributed by atoms with Gasteiger partial charge in [-0.15, -0.1) is 0 Å². The molecule has 9 nitrogen and oxygen atoms in total. The monoisotopic (exact) mass is 973 g/mol. The van der Waals surface area contributed by atoms with Crippen molar-refractivity contribution in [3.8, 4) is 0 Å². The van der Waals surface area contributed by atoms with E-state index in [-0.39, 0.29) is 0 Å². The molecule has 0 aromatic rings. The van der Waals surface area contributed by atoms with Gasteiger partial charge in [-0.3, -0.25) is 24.2 Å². The predicted molar refractivity (Wildman–Crippen MR) is 286 cm³/mol. The van der Waals surface area contributed by atoms with Gasteiger partial charge in [0.15, 0.2) is 0 Å². The minimum absolute atomic E-state index is 0.290. The first-order valence-electron chi connectivity index (χ1n) is 28.1. The lowest BCUT2D eigenvalue weighted by atomic mass is 10.0. The zero-order chi connectivity index (χ0) is 48.7. The maximum absolute atomic E-state index is 13.0. The molecular formula is C55H108N2O7S2. The normalized spacial score (nSPS) is 13.7. The summed E-state index contributed by atoms with van der Waals surface area (Å²) in [5.41, 5.74) is 0. The van der Waals surface area contributed by atoms with E-state index in [1.807, 2.05) is 9.80 Å². The summed E-state index contributed by atoms with van der Waals surface area (Å²) in [6.45, 7) is 11.4. The first-order valence-corrected chi connectivity index (χ1v) is 30.1. The second-order valence-corrected chi connectivity index (χ2v) is 21.9. The van der Waals surface area contributed by atoms with Crippen LogP contribution in [0, 0.1) is 0 Å². The fourth-order valence-corrected chi connectivity index (χ4v) is 10.5. The number of hydrogen-bond acceptors (Lipinski definition) is 11. The van der Waals surface area contributed by atoms with Crippen LogP contribution in [0.5, 0.6) is 0 Å². The molecule has 0 radical (unpaired) electrons. The summed E-state index contributed by atoms with van der Waals surface area (Å²) >= 11 is 1.69. The molecule has 0 aliphatic carbocycles. The van der Waals surface area contributed by atoms with Crippen LogP contribution < -0.4 is 0 Å². The molecule has 4 N–H and O–H groups in total. The maximum atomic E-state index is 13.0. The highest BCUT2D eigenvalue weighted by molar-refractivity contribution is 8.19. The number of thioether (sulfide) groups is 2. The number of nitrogens with zero attached hydrogens (tertiary/aromatic N) is 2. The Morgan fingerprint density at radius 2 is 0.530 bits per heavy atom. The van der Waals surface area contributed by atoms with E-state index in [0.29, 0.717) is 76.5 Å². The number of aliphatic hydroxyl groups is 4. The highest BCUT2D eigenvalue weighted by atomic mass is 32.2. The zero-order valence-electron chi connectivity index (χ0n) is 43.6. The van der Waals surface area contributed by atoms with Crippen molar-refractivity contribution in [2.24, 2.45) is 0 Å². The standard InChI is InChI=1S/C55H108N2O7S2/c1-5-9-13-17-21-25-29-33-37-49(58)45-56(46-50(59)38-34-30-26-22-18-14-10-6-2)41-43-65-54(63)53(62)55(64)66-44-42-57(47-51(60)39-35-31-27-23-19-15-11-7-3)48-52(61)40-36-32-28-24-20-16-12-8-4/h49-52,58-61H,5-48H2,1-4H3. The number of carbonyl (C=O) groups is 3. The molecule has 392 valence electrons.